The van der Waals surface area contributed by atoms with Crippen molar-refractivity contribution in [1.82, 2.24) is 29.6 Å². The van der Waals surface area contributed by atoms with Gasteiger partial charge >= 0.3 is 0 Å². The van der Waals surface area contributed by atoms with Gasteiger partial charge in [0.1, 0.15) is 5.39 Å². The van der Waals surface area contributed by atoms with Gasteiger partial charge in [0.15, 0.2) is 11.5 Å². The van der Waals surface area contributed by atoms with E-state index in [1.807, 2.05) is 25.1 Å². The van der Waals surface area contributed by atoms with Crippen molar-refractivity contribution >= 4 is 22.7 Å². The van der Waals surface area contributed by atoms with Gasteiger partial charge in [-0.1, -0.05) is 12.1 Å². The van der Waals surface area contributed by atoms with E-state index in [1.54, 1.807) is 28.7 Å². The van der Waals surface area contributed by atoms with Crippen LogP contribution in [0, 0.1) is 0 Å². The molecule has 0 amide bonds. The lowest BCUT2D eigenvalue weighted by molar-refractivity contribution is 0.396. The Labute approximate surface area is 178 Å². The molecule has 4 aromatic rings. The zero-order valence-electron chi connectivity index (χ0n) is 17.4. The fraction of sp³-hybridized carbons (Fsp3) is 0.273. The Hall–Kier alpha value is -3.72. The Morgan fingerprint density at radius 3 is 2.94 bits per heavy atom. The van der Waals surface area contributed by atoms with Crippen LogP contribution in [0.15, 0.2) is 47.4 Å². The highest BCUT2D eigenvalue weighted by Gasteiger charge is 2.18. The monoisotopic (exact) mass is 417 g/mol. The number of fused-ring (bicyclic) bond motifs is 2. The van der Waals surface area contributed by atoms with Crippen molar-refractivity contribution in [3.05, 3.63) is 64.1 Å². The molecule has 0 saturated heterocycles. The zero-order chi connectivity index (χ0) is 21.4. The quantitative estimate of drug-likeness (QED) is 0.514. The molecule has 3 aromatic heterocycles. The third-order valence-corrected chi connectivity index (χ3v) is 5.46. The van der Waals surface area contributed by atoms with Gasteiger partial charge in [-0.15, -0.1) is 0 Å². The summed E-state index contributed by atoms with van der Waals surface area (Å²) in [5, 5.41) is 7.10. The number of nitrogens with zero attached hydrogens (tertiary/aromatic N) is 5. The highest BCUT2D eigenvalue weighted by atomic mass is 16.5. The van der Waals surface area contributed by atoms with Gasteiger partial charge in [-0.25, -0.2) is 14.3 Å². The third-order valence-electron chi connectivity index (χ3n) is 5.46. The molecule has 4 heterocycles. The lowest BCUT2D eigenvalue weighted by Crippen LogP contribution is -2.23. The minimum absolute atomic E-state index is 0.157. The standard InChI is InChI=1S/C22H23N7O2/c1-3-28-21(30)17-13-24-22(25-16-8-7-15-12-23-10-9-14(15)11-16)27-20(17)29(28)18-5-4-6-19(26-18)31-2/h4-8,11,13,23H,3,9-10,12H2,1-2H3,(H,24,25,27). The Morgan fingerprint density at radius 1 is 1.19 bits per heavy atom. The molecular weight excluding hydrogens is 394 g/mol. The molecule has 9 nitrogen and oxygen atoms in total. The Balaban J connectivity index is 1.59. The molecule has 0 atom stereocenters. The highest BCUT2D eigenvalue weighted by Crippen LogP contribution is 2.22. The molecule has 0 fully saturated rings. The lowest BCUT2D eigenvalue weighted by Gasteiger charge is -2.18. The van der Waals surface area contributed by atoms with Crippen molar-refractivity contribution in [2.45, 2.75) is 26.4 Å². The SMILES string of the molecule is CCn1c(=O)c2cnc(Nc3ccc4c(c3)CCNC4)nc2n1-c1cccc(OC)n1. The van der Waals surface area contributed by atoms with Gasteiger partial charge < -0.3 is 15.4 Å². The van der Waals surface area contributed by atoms with Gasteiger partial charge in [-0.2, -0.15) is 9.97 Å². The van der Waals surface area contributed by atoms with Gasteiger partial charge in [-0.05, 0) is 49.2 Å². The smallest absolute Gasteiger partial charge is 0.278 e. The molecule has 0 saturated carbocycles. The van der Waals surface area contributed by atoms with Gasteiger partial charge in [0.2, 0.25) is 11.8 Å². The van der Waals surface area contributed by atoms with E-state index in [1.165, 1.54) is 11.1 Å². The van der Waals surface area contributed by atoms with E-state index in [-0.39, 0.29) is 5.56 Å². The summed E-state index contributed by atoms with van der Waals surface area (Å²) in [6.45, 7) is 4.24. The second kappa shape index (κ2) is 7.84. The fourth-order valence-corrected chi connectivity index (χ4v) is 3.93. The number of anilines is 2. The number of pyridine rings is 1. The van der Waals surface area contributed by atoms with Crippen LogP contribution in [0.2, 0.25) is 0 Å². The summed E-state index contributed by atoms with van der Waals surface area (Å²) in [5.41, 5.74) is 3.89. The molecule has 0 spiro atoms. The summed E-state index contributed by atoms with van der Waals surface area (Å²) in [5.74, 6) is 1.44. The number of benzene rings is 1. The molecule has 1 aliphatic heterocycles. The van der Waals surface area contributed by atoms with E-state index >= 15 is 0 Å². The van der Waals surface area contributed by atoms with Crippen LogP contribution in [0.1, 0.15) is 18.1 Å². The van der Waals surface area contributed by atoms with Crippen LogP contribution in [-0.4, -0.2) is 38.0 Å². The fourth-order valence-electron chi connectivity index (χ4n) is 3.93. The van der Waals surface area contributed by atoms with Crippen LogP contribution < -0.4 is 20.9 Å². The molecule has 1 aliphatic rings. The molecule has 0 bridgehead atoms. The van der Waals surface area contributed by atoms with Crippen LogP contribution >= 0.6 is 0 Å². The summed E-state index contributed by atoms with van der Waals surface area (Å²) < 4.78 is 8.56. The second-order valence-electron chi connectivity index (χ2n) is 7.34. The van der Waals surface area contributed by atoms with Gasteiger partial charge in [-0.3, -0.25) is 4.79 Å². The molecule has 0 radical (unpaired) electrons. The number of nitrogens with one attached hydrogen (secondary N) is 2. The van der Waals surface area contributed by atoms with Crippen LogP contribution in [0.3, 0.4) is 0 Å². The third kappa shape index (κ3) is 3.42. The number of hydrogen-bond acceptors (Lipinski definition) is 7. The molecule has 9 heteroatoms. The minimum Gasteiger partial charge on any atom is -0.481 e. The first-order valence-electron chi connectivity index (χ1n) is 10.3. The van der Waals surface area contributed by atoms with E-state index in [9.17, 15) is 4.79 Å². The maximum absolute atomic E-state index is 12.9. The topological polar surface area (TPSA) is 98.9 Å². The van der Waals surface area contributed by atoms with Crippen LogP contribution in [0.5, 0.6) is 5.88 Å². The number of aromatic nitrogens is 5. The summed E-state index contributed by atoms with van der Waals surface area (Å²) in [6.07, 6.45) is 2.56. The van der Waals surface area contributed by atoms with E-state index in [2.05, 4.69) is 37.7 Å². The molecule has 31 heavy (non-hydrogen) atoms. The molecule has 5 rings (SSSR count). The van der Waals surface area contributed by atoms with E-state index < -0.39 is 0 Å². The summed E-state index contributed by atoms with van der Waals surface area (Å²) >= 11 is 0. The van der Waals surface area contributed by atoms with Crippen LogP contribution in [0.4, 0.5) is 11.6 Å². The van der Waals surface area contributed by atoms with Crippen molar-refractivity contribution < 1.29 is 4.74 Å². The Bertz CT molecular complexity index is 1330. The number of ether oxygens (including phenoxy) is 1. The predicted molar refractivity (Wildman–Crippen MR) is 118 cm³/mol. The van der Waals surface area contributed by atoms with Crippen molar-refractivity contribution in [3.63, 3.8) is 0 Å². The predicted octanol–water partition coefficient (Wildman–Crippen LogP) is 2.40. The number of hydrogen-bond donors (Lipinski definition) is 2. The molecule has 0 aliphatic carbocycles. The molecular formula is C22H23N7O2. The number of rotatable bonds is 5. The van der Waals surface area contributed by atoms with Crippen LogP contribution in [0.25, 0.3) is 16.9 Å². The van der Waals surface area contributed by atoms with Gasteiger partial charge in [0.05, 0.1) is 7.11 Å². The Kier molecular flexibility index (Phi) is 4.87. The summed E-state index contributed by atoms with van der Waals surface area (Å²) in [6, 6.07) is 11.7. The second-order valence-corrected chi connectivity index (χ2v) is 7.34. The highest BCUT2D eigenvalue weighted by molar-refractivity contribution is 5.77. The molecule has 1 aromatic carbocycles. The first kappa shape index (κ1) is 19.3. The van der Waals surface area contributed by atoms with Crippen molar-refractivity contribution in [2.75, 3.05) is 19.0 Å². The summed E-state index contributed by atoms with van der Waals surface area (Å²) in [7, 11) is 1.56. The number of methoxy groups -OCH3 is 1. The minimum atomic E-state index is -0.157. The Morgan fingerprint density at radius 2 is 2.10 bits per heavy atom. The van der Waals surface area contributed by atoms with E-state index in [0.29, 0.717) is 35.2 Å². The maximum atomic E-state index is 12.9. The first-order chi connectivity index (χ1) is 15.2. The van der Waals surface area contributed by atoms with Crippen molar-refractivity contribution in [3.8, 4) is 11.7 Å². The van der Waals surface area contributed by atoms with Gasteiger partial charge in [0, 0.05) is 31.0 Å². The zero-order valence-corrected chi connectivity index (χ0v) is 17.4. The van der Waals surface area contributed by atoms with Crippen molar-refractivity contribution in [1.29, 1.82) is 0 Å². The lowest BCUT2D eigenvalue weighted by atomic mass is 10.0. The van der Waals surface area contributed by atoms with Gasteiger partial charge in [0.25, 0.3) is 5.56 Å². The molecule has 158 valence electrons. The normalized spacial score (nSPS) is 13.2. The average molecular weight is 417 g/mol. The maximum Gasteiger partial charge on any atom is 0.278 e. The molecule has 2 N–H and O–H groups in total. The largest absolute Gasteiger partial charge is 0.481 e. The van der Waals surface area contributed by atoms with E-state index in [0.717, 1.165) is 25.2 Å². The van der Waals surface area contributed by atoms with Crippen molar-refractivity contribution in [2.24, 2.45) is 0 Å². The van der Waals surface area contributed by atoms with Crippen LogP contribution in [-0.2, 0) is 19.5 Å². The molecule has 0 unspecified atom stereocenters. The average Bonchev–Trinajstić information content (AvgIpc) is 3.10. The summed E-state index contributed by atoms with van der Waals surface area (Å²) in [4.78, 5) is 26.5. The van der Waals surface area contributed by atoms with E-state index in [4.69, 9.17) is 4.74 Å². The first-order valence-corrected chi connectivity index (χ1v) is 10.3.